The number of carbonyl (C=O) groups is 2. The molecule has 0 unspecified atom stereocenters. The molecule has 4 atom stereocenters. The summed E-state index contributed by atoms with van der Waals surface area (Å²) in [5, 5.41) is 67.0. The molecule has 11 nitrogen and oxygen atoms in total. The second kappa shape index (κ2) is 21.2. The summed E-state index contributed by atoms with van der Waals surface area (Å²) in [5.41, 5.74) is 4.44. The summed E-state index contributed by atoms with van der Waals surface area (Å²) < 4.78 is 0. The molecule has 0 aliphatic heterocycles. The molecule has 0 radical (unpaired) electrons. The summed E-state index contributed by atoms with van der Waals surface area (Å²) >= 11 is 0. The zero-order chi connectivity index (χ0) is 37.3. The topological polar surface area (TPSA) is 191 Å². The third-order valence-corrected chi connectivity index (χ3v) is 8.90. The molecular weight excluding hydrogens is 652 g/mol. The van der Waals surface area contributed by atoms with Crippen LogP contribution in [-0.4, -0.2) is 92.2 Å². The van der Waals surface area contributed by atoms with Crippen LogP contribution in [0.3, 0.4) is 0 Å². The maximum atomic E-state index is 13.5. The molecular formula is C40H52N2O9. The lowest BCUT2D eigenvalue weighted by molar-refractivity contribution is -0.123. The molecule has 3 aromatic carbocycles. The van der Waals surface area contributed by atoms with Crippen LogP contribution in [0.15, 0.2) is 66.7 Å². The fraction of sp³-hybridized carbons (Fsp3) is 0.450. The average molecular weight is 705 g/mol. The highest BCUT2D eigenvalue weighted by molar-refractivity contribution is 5.97. The molecule has 1 aliphatic rings. The Kier molecular flexibility index (Phi) is 17.1. The number of nitrogens with one attached hydrogen (secondary N) is 1. The van der Waals surface area contributed by atoms with Gasteiger partial charge in [-0.15, -0.1) is 0 Å². The van der Waals surface area contributed by atoms with E-state index in [1.807, 2.05) is 24.3 Å². The van der Waals surface area contributed by atoms with Crippen molar-refractivity contribution in [1.29, 1.82) is 0 Å². The summed E-state index contributed by atoms with van der Waals surface area (Å²) in [4.78, 5) is 26.6. The third kappa shape index (κ3) is 12.8. The third-order valence-electron chi connectivity index (χ3n) is 8.90. The van der Waals surface area contributed by atoms with Gasteiger partial charge in [-0.3, -0.25) is 4.79 Å². The Bertz CT molecular complexity index is 1580. The number of hydrogen-bond donors (Lipinski definition) is 8. The Hall–Kier alpha value is -4.28. The molecule has 1 amide bonds. The highest BCUT2D eigenvalue weighted by Crippen LogP contribution is 2.31. The average Bonchev–Trinajstić information content (AvgIpc) is 3.15. The van der Waals surface area contributed by atoms with Gasteiger partial charge < -0.3 is 46.0 Å². The number of amides is 1. The number of likely N-dealkylation sites (N-methyl/N-ethyl adjacent to an activating group) is 1. The van der Waals surface area contributed by atoms with Crippen LogP contribution in [0.25, 0.3) is 0 Å². The number of aryl methyl sites for hydroxylation is 1. The minimum atomic E-state index is -1.55. The molecule has 51 heavy (non-hydrogen) atoms. The number of aromatic carboxylic acids is 1. The number of rotatable bonds is 14. The van der Waals surface area contributed by atoms with E-state index >= 15 is 0 Å². The Labute approximate surface area is 300 Å². The largest absolute Gasteiger partial charge is 0.507 e. The van der Waals surface area contributed by atoms with E-state index < -0.39 is 37.0 Å². The van der Waals surface area contributed by atoms with Crippen molar-refractivity contribution in [2.24, 2.45) is 5.92 Å². The molecule has 0 saturated heterocycles. The number of nitrogens with zero attached hydrogens (tertiary/aromatic N) is 1. The van der Waals surface area contributed by atoms with Gasteiger partial charge in [-0.1, -0.05) is 68.7 Å². The van der Waals surface area contributed by atoms with E-state index in [0.29, 0.717) is 12.2 Å². The lowest BCUT2D eigenvalue weighted by Crippen LogP contribution is -2.48. The van der Waals surface area contributed by atoms with E-state index in [9.17, 15) is 24.9 Å². The van der Waals surface area contributed by atoms with Gasteiger partial charge in [0, 0.05) is 35.3 Å². The summed E-state index contributed by atoms with van der Waals surface area (Å²) in [6.45, 7) is 1.95. The van der Waals surface area contributed by atoms with Gasteiger partial charge >= 0.3 is 5.97 Å². The quantitative estimate of drug-likeness (QED) is 0.115. The minimum Gasteiger partial charge on any atom is -0.507 e. The summed E-state index contributed by atoms with van der Waals surface area (Å²) in [6, 6.07) is 20.5. The number of aliphatic hydroxyl groups is 5. The van der Waals surface area contributed by atoms with Crippen molar-refractivity contribution in [1.82, 2.24) is 5.32 Å². The molecule has 276 valence electrons. The van der Waals surface area contributed by atoms with Gasteiger partial charge in [0.25, 0.3) is 0 Å². The lowest BCUT2D eigenvalue weighted by atomic mass is 9.88. The number of unbranched alkanes of at least 4 members (excludes halogenated alkanes) is 1. The van der Waals surface area contributed by atoms with Crippen molar-refractivity contribution in [2.75, 3.05) is 25.1 Å². The molecule has 3 aromatic rings. The number of aromatic hydroxyl groups is 1. The first-order valence-electron chi connectivity index (χ1n) is 17.5. The van der Waals surface area contributed by atoms with Crippen LogP contribution < -0.4 is 10.2 Å². The lowest BCUT2D eigenvalue weighted by Gasteiger charge is -2.30. The summed E-state index contributed by atoms with van der Waals surface area (Å²) in [6.07, 6.45) is 2.72. The number of carbonyl (C=O) groups excluding carboxylic acids is 1. The first-order chi connectivity index (χ1) is 24.5. The number of hydrogen-bond acceptors (Lipinski definition) is 9. The van der Waals surface area contributed by atoms with Gasteiger partial charge in [0.1, 0.15) is 29.6 Å². The van der Waals surface area contributed by atoms with Gasteiger partial charge in [0.05, 0.1) is 19.3 Å². The van der Waals surface area contributed by atoms with Crippen molar-refractivity contribution < 1.29 is 45.3 Å². The first-order valence-corrected chi connectivity index (χ1v) is 17.5. The Morgan fingerprint density at radius 1 is 0.843 bits per heavy atom. The van der Waals surface area contributed by atoms with Crippen molar-refractivity contribution >= 4 is 17.6 Å². The number of carboxylic acids is 1. The maximum absolute atomic E-state index is 13.5. The monoisotopic (exact) mass is 704 g/mol. The first kappa shape index (κ1) is 41.1. The number of benzene rings is 3. The van der Waals surface area contributed by atoms with Crippen molar-refractivity contribution in [2.45, 2.75) is 89.3 Å². The zero-order valence-corrected chi connectivity index (χ0v) is 29.4. The molecule has 0 aromatic heterocycles. The number of anilines is 1. The number of carboxylic acid groups (broad SMARTS) is 1. The second-order valence-corrected chi connectivity index (χ2v) is 12.9. The molecule has 11 heteroatoms. The standard InChI is InChI=1S/C33H35NO4.C7H17NO5/c1-2-3-7-24-10-12-25(13-11-24)14-15-26-16-18-27(19-17-26)23-34(32(36)28-8-5-4-6-9-28)29-20-21-30(33(37)38)31(35)22-29;1-8-2-4(10)6(12)7(13)5(11)3-9/h10-13,16-22,28,35H,2-9,23H2,1H3,(H,37,38);4-13H,2-3H2,1H3/t;4-,5+,6+,7+/m.0/s1. The molecule has 1 saturated carbocycles. The van der Waals surface area contributed by atoms with Crippen LogP contribution in [0.4, 0.5) is 5.69 Å². The van der Waals surface area contributed by atoms with Crippen LogP contribution in [0.1, 0.15) is 84.5 Å². The SMILES string of the molecule is CCCCc1ccc(C#Cc2ccc(CN(C(=O)C3CCCCC3)c3ccc(C(=O)O)c(O)c3)cc2)cc1.CNC[C@H](O)[C@@H](O)[C@H](O)[C@H](O)CO. The highest BCUT2D eigenvalue weighted by atomic mass is 16.4. The molecule has 1 fully saturated rings. The number of phenols is 1. The van der Waals surface area contributed by atoms with Gasteiger partial charge in [0.15, 0.2) is 0 Å². The van der Waals surface area contributed by atoms with Gasteiger partial charge in [0.2, 0.25) is 5.91 Å². The molecule has 8 N–H and O–H groups in total. The minimum absolute atomic E-state index is 0.0124. The van der Waals surface area contributed by atoms with Crippen LogP contribution in [-0.2, 0) is 17.8 Å². The van der Waals surface area contributed by atoms with E-state index in [1.165, 1.54) is 30.5 Å². The Balaban J connectivity index is 0.000000460. The molecule has 1 aliphatic carbocycles. The summed E-state index contributed by atoms with van der Waals surface area (Å²) in [7, 11) is 1.57. The molecule has 0 bridgehead atoms. The van der Waals surface area contributed by atoms with Crippen LogP contribution >= 0.6 is 0 Å². The maximum Gasteiger partial charge on any atom is 0.339 e. The fourth-order valence-corrected chi connectivity index (χ4v) is 5.78. The van der Waals surface area contributed by atoms with Gasteiger partial charge in [-0.2, -0.15) is 0 Å². The van der Waals surface area contributed by atoms with Crippen molar-refractivity contribution in [3.63, 3.8) is 0 Å². The highest BCUT2D eigenvalue weighted by Gasteiger charge is 2.30. The Morgan fingerprint density at radius 3 is 1.92 bits per heavy atom. The van der Waals surface area contributed by atoms with Gasteiger partial charge in [-0.05, 0) is 80.3 Å². The smallest absolute Gasteiger partial charge is 0.339 e. The molecule has 0 spiro atoms. The van der Waals surface area contributed by atoms with Crippen molar-refractivity contribution in [3.8, 4) is 17.6 Å². The van der Waals surface area contributed by atoms with E-state index in [-0.39, 0.29) is 29.7 Å². The molecule has 0 heterocycles. The zero-order valence-electron chi connectivity index (χ0n) is 29.4. The van der Waals surface area contributed by atoms with E-state index in [4.69, 9.17) is 20.4 Å². The molecule has 4 rings (SSSR count). The Morgan fingerprint density at radius 2 is 1.41 bits per heavy atom. The normalized spacial score (nSPS) is 15.3. The second-order valence-electron chi connectivity index (χ2n) is 12.9. The predicted octanol–water partition coefficient (Wildman–Crippen LogP) is 3.59. The van der Waals surface area contributed by atoms with E-state index in [0.717, 1.165) is 55.2 Å². The van der Waals surface area contributed by atoms with E-state index in [1.54, 1.807) is 18.0 Å². The predicted molar refractivity (Wildman–Crippen MR) is 195 cm³/mol. The van der Waals surface area contributed by atoms with E-state index in [2.05, 4.69) is 48.3 Å². The van der Waals surface area contributed by atoms with Crippen molar-refractivity contribution in [3.05, 3.63) is 94.5 Å². The van der Waals surface area contributed by atoms with Crippen LogP contribution in [0.2, 0.25) is 0 Å². The van der Waals surface area contributed by atoms with Gasteiger partial charge in [-0.25, -0.2) is 4.79 Å². The van der Waals surface area contributed by atoms with Crippen LogP contribution in [0.5, 0.6) is 5.75 Å². The van der Waals surface area contributed by atoms with Crippen LogP contribution in [0, 0.1) is 17.8 Å². The fourth-order valence-electron chi connectivity index (χ4n) is 5.78. The summed E-state index contributed by atoms with van der Waals surface area (Å²) in [5.74, 6) is 4.83. The number of aliphatic hydroxyl groups excluding tert-OH is 5.